The first-order chi connectivity index (χ1) is 10.4. The van der Waals surface area contributed by atoms with Crippen molar-refractivity contribution in [3.8, 4) is 11.5 Å². The zero-order valence-corrected chi connectivity index (χ0v) is 20.3. The molecule has 0 heterocycles. The van der Waals surface area contributed by atoms with Gasteiger partial charge >= 0.3 is 0 Å². The Hall–Kier alpha value is 0.920. The molecule has 8 heteroatoms. The fourth-order valence-corrected chi connectivity index (χ4v) is 4.39. The van der Waals surface area contributed by atoms with Crippen LogP contribution in [0.15, 0.2) is 51.1 Å². The Labute approximate surface area is 179 Å². The summed E-state index contributed by atoms with van der Waals surface area (Å²) in [5.41, 5.74) is 0. The highest BCUT2D eigenvalue weighted by Gasteiger charge is 2.08. The predicted octanol–water partition coefficient (Wildman–Crippen LogP) is 7.72. The summed E-state index contributed by atoms with van der Waals surface area (Å²) in [6.45, 7) is 0.875. The van der Waals surface area contributed by atoms with E-state index in [1.54, 1.807) is 0 Å². The van der Waals surface area contributed by atoms with E-state index in [1.165, 1.54) is 0 Å². The Morgan fingerprint density at radius 2 is 0.818 bits per heavy atom. The first-order valence-electron chi connectivity index (χ1n) is 5.93. The molecule has 0 bridgehead atoms. The van der Waals surface area contributed by atoms with Crippen molar-refractivity contribution in [3.63, 3.8) is 0 Å². The third-order valence-electron chi connectivity index (χ3n) is 2.55. The number of hydrogen-bond acceptors (Lipinski definition) is 2. The molecule has 2 nitrogen and oxygen atoms in total. The van der Waals surface area contributed by atoms with Crippen LogP contribution < -0.4 is 9.47 Å². The van der Waals surface area contributed by atoms with E-state index in [4.69, 9.17) is 9.47 Å². The lowest BCUT2D eigenvalue weighted by Gasteiger charge is -2.12. The van der Waals surface area contributed by atoms with Gasteiger partial charge in [0.05, 0.1) is 8.95 Å². The Morgan fingerprint density at radius 3 is 1.18 bits per heavy atom. The summed E-state index contributed by atoms with van der Waals surface area (Å²) in [6.07, 6.45) is 0. The molecule has 0 aliphatic rings. The molecule has 0 N–H and O–H groups in total. The quantitative estimate of drug-likeness (QED) is 0.237. The van der Waals surface area contributed by atoms with Crippen LogP contribution in [0.2, 0.25) is 0 Å². The molecule has 2 aromatic carbocycles. The summed E-state index contributed by atoms with van der Waals surface area (Å²) in [5, 5.41) is 0. The van der Waals surface area contributed by atoms with Crippen LogP contribution in [0.4, 0.5) is 0 Å². The molecule has 118 valence electrons. The van der Waals surface area contributed by atoms with Crippen molar-refractivity contribution < 1.29 is 9.47 Å². The number of ether oxygens (including phenoxy) is 2. The molecular weight excluding hydrogens is 680 g/mol. The lowest BCUT2D eigenvalue weighted by Crippen LogP contribution is -2.09. The molecule has 2 rings (SSSR count). The summed E-state index contributed by atoms with van der Waals surface area (Å²) >= 11 is 20.7. The van der Waals surface area contributed by atoms with Crippen LogP contribution in [0.5, 0.6) is 11.5 Å². The first-order valence-corrected chi connectivity index (χ1v) is 10.7. The van der Waals surface area contributed by atoms with Gasteiger partial charge in [0, 0.05) is 17.9 Å². The third kappa shape index (κ3) is 5.21. The van der Waals surface area contributed by atoms with E-state index in [2.05, 4.69) is 95.6 Å². The molecule has 0 spiro atoms. The Morgan fingerprint density at radius 1 is 0.500 bits per heavy atom. The van der Waals surface area contributed by atoms with Crippen molar-refractivity contribution in [2.75, 3.05) is 13.2 Å². The summed E-state index contributed by atoms with van der Waals surface area (Å²) in [4.78, 5) is 0. The summed E-state index contributed by atoms with van der Waals surface area (Å²) < 4.78 is 17.0. The van der Waals surface area contributed by atoms with Gasteiger partial charge in [0.15, 0.2) is 0 Å². The maximum atomic E-state index is 5.73. The normalized spacial score (nSPS) is 10.6. The molecule has 0 aromatic heterocycles. The van der Waals surface area contributed by atoms with Gasteiger partial charge in [-0.3, -0.25) is 0 Å². The highest BCUT2D eigenvalue weighted by atomic mass is 79.9. The van der Waals surface area contributed by atoms with Gasteiger partial charge in [-0.1, -0.05) is 0 Å². The minimum Gasteiger partial charge on any atom is -0.489 e. The van der Waals surface area contributed by atoms with Gasteiger partial charge in [-0.2, -0.15) is 0 Å². The molecule has 0 atom stereocenters. The zero-order chi connectivity index (χ0) is 16.3. The SMILES string of the molecule is Brc1cc(Br)c(OCCOc2cc(Br)c(Br)cc2Br)cc1Br. The van der Waals surface area contributed by atoms with Crippen LogP contribution in [0.25, 0.3) is 0 Å². The minimum atomic E-state index is 0.437. The van der Waals surface area contributed by atoms with E-state index in [0.29, 0.717) is 13.2 Å². The van der Waals surface area contributed by atoms with Gasteiger partial charge in [0.1, 0.15) is 24.7 Å². The second kappa shape index (κ2) is 8.85. The Balaban J connectivity index is 1.93. The molecule has 22 heavy (non-hydrogen) atoms. The largest absolute Gasteiger partial charge is 0.489 e. The van der Waals surface area contributed by atoms with E-state index in [1.807, 2.05) is 24.3 Å². The topological polar surface area (TPSA) is 18.5 Å². The number of benzene rings is 2. The van der Waals surface area contributed by atoms with E-state index >= 15 is 0 Å². The molecular formula is C14H8Br6O2. The lowest BCUT2D eigenvalue weighted by atomic mass is 10.3. The smallest absolute Gasteiger partial charge is 0.134 e. The standard InChI is InChI=1S/C14H8Br6O2/c15-7-3-11(19)13(5-9(7)17)21-1-2-22-14-6-10(18)8(16)4-12(14)20/h3-6H,1-2H2. The maximum absolute atomic E-state index is 5.73. The van der Waals surface area contributed by atoms with Crippen molar-refractivity contribution >= 4 is 95.6 Å². The molecule has 2 aromatic rings. The Kier molecular flexibility index (Phi) is 7.74. The monoisotopic (exact) mass is 682 g/mol. The van der Waals surface area contributed by atoms with E-state index in [9.17, 15) is 0 Å². The van der Waals surface area contributed by atoms with Crippen molar-refractivity contribution in [1.29, 1.82) is 0 Å². The van der Waals surface area contributed by atoms with Crippen LogP contribution in [-0.2, 0) is 0 Å². The number of hydrogen-bond donors (Lipinski definition) is 0. The van der Waals surface area contributed by atoms with Crippen molar-refractivity contribution in [2.45, 2.75) is 0 Å². The fourth-order valence-electron chi connectivity index (χ4n) is 1.53. The average Bonchev–Trinajstić information content (AvgIpc) is 2.45. The van der Waals surface area contributed by atoms with Crippen molar-refractivity contribution in [1.82, 2.24) is 0 Å². The molecule has 0 radical (unpaired) electrons. The molecule has 0 aliphatic heterocycles. The van der Waals surface area contributed by atoms with E-state index in [0.717, 1.165) is 38.3 Å². The molecule has 0 fully saturated rings. The maximum Gasteiger partial charge on any atom is 0.134 e. The highest BCUT2D eigenvalue weighted by molar-refractivity contribution is 9.13. The second-order valence-corrected chi connectivity index (χ2v) is 9.22. The molecule has 0 amide bonds. The van der Waals surface area contributed by atoms with Gasteiger partial charge in [-0.05, 0) is 120 Å². The molecule has 0 saturated heterocycles. The van der Waals surface area contributed by atoms with Crippen molar-refractivity contribution in [3.05, 3.63) is 51.1 Å². The lowest BCUT2D eigenvalue weighted by molar-refractivity contribution is 0.215. The summed E-state index contributed by atoms with van der Waals surface area (Å²) in [6, 6.07) is 7.67. The number of halogens is 6. The van der Waals surface area contributed by atoms with Gasteiger partial charge < -0.3 is 9.47 Å². The molecule has 0 unspecified atom stereocenters. The summed E-state index contributed by atoms with van der Waals surface area (Å²) in [5.74, 6) is 1.52. The third-order valence-corrected chi connectivity index (χ3v) is 7.48. The van der Waals surface area contributed by atoms with Gasteiger partial charge in [-0.15, -0.1) is 0 Å². The van der Waals surface area contributed by atoms with Crippen LogP contribution in [0.3, 0.4) is 0 Å². The molecule has 0 saturated carbocycles. The first kappa shape index (κ1) is 19.2. The Bertz CT molecular complexity index is 630. The van der Waals surface area contributed by atoms with E-state index in [-0.39, 0.29) is 0 Å². The van der Waals surface area contributed by atoms with Gasteiger partial charge in [0.2, 0.25) is 0 Å². The minimum absolute atomic E-state index is 0.437. The van der Waals surface area contributed by atoms with Crippen LogP contribution in [0.1, 0.15) is 0 Å². The summed E-state index contributed by atoms with van der Waals surface area (Å²) in [7, 11) is 0. The predicted molar refractivity (Wildman–Crippen MR) is 110 cm³/mol. The van der Waals surface area contributed by atoms with Crippen LogP contribution in [-0.4, -0.2) is 13.2 Å². The highest BCUT2D eigenvalue weighted by Crippen LogP contribution is 2.35. The van der Waals surface area contributed by atoms with Gasteiger partial charge in [-0.25, -0.2) is 0 Å². The van der Waals surface area contributed by atoms with Crippen LogP contribution >= 0.6 is 95.6 Å². The second-order valence-electron chi connectivity index (χ2n) is 4.09. The van der Waals surface area contributed by atoms with Gasteiger partial charge in [0.25, 0.3) is 0 Å². The van der Waals surface area contributed by atoms with E-state index < -0.39 is 0 Å². The zero-order valence-electron chi connectivity index (χ0n) is 10.8. The molecule has 0 aliphatic carbocycles. The fraction of sp³-hybridized carbons (Fsp3) is 0.143. The van der Waals surface area contributed by atoms with Crippen LogP contribution in [0, 0.1) is 0 Å². The number of rotatable bonds is 5. The average molecular weight is 688 g/mol. The van der Waals surface area contributed by atoms with Crippen molar-refractivity contribution in [2.24, 2.45) is 0 Å².